The van der Waals surface area contributed by atoms with E-state index in [-0.39, 0.29) is 0 Å². The van der Waals surface area contributed by atoms with Crippen LogP contribution in [0.5, 0.6) is 5.75 Å². The van der Waals surface area contributed by atoms with Crippen LogP contribution in [0, 0.1) is 4.77 Å². The fraction of sp³-hybridized carbons (Fsp3) is 0.188. The van der Waals surface area contributed by atoms with Crippen LogP contribution in [0.1, 0.15) is 12.5 Å². The fourth-order valence-corrected chi connectivity index (χ4v) is 2.79. The normalized spacial score (nSPS) is 10.9. The Morgan fingerprint density at radius 3 is 2.75 bits per heavy atom. The van der Waals surface area contributed by atoms with Gasteiger partial charge >= 0.3 is 0 Å². The maximum Gasteiger partial charge on any atom is 0.182 e. The van der Waals surface area contributed by atoms with Gasteiger partial charge in [-0.25, -0.2) is 0 Å². The molecule has 2 aromatic carbocycles. The molecule has 3 rings (SSSR count). The number of methoxy groups -OCH3 is 1. The number of ether oxygens (including phenoxy) is 1. The Bertz CT molecular complexity index is 817. The van der Waals surface area contributed by atoms with Crippen molar-refractivity contribution < 1.29 is 4.74 Å². The highest BCUT2D eigenvalue weighted by molar-refractivity contribution is 7.71. The Morgan fingerprint density at radius 2 is 2.00 bits per heavy atom. The monoisotopic (exact) mass is 284 g/mol. The number of hydrogen-bond acceptors (Lipinski definition) is 2. The van der Waals surface area contributed by atoms with E-state index < -0.39 is 0 Å². The molecule has 0 fully saturated rings. The molecule has 0 spiro atoms. The molecule has 3 nitrogen and oxygen atoms in total. The summed E-state index contributed by atoms with van der Waals surface area (Å²) in [5, 5.41) is 0. The molecule has 0 aliphatic heterocycles. The number of fused-ring (bicyclic) bond motifs is 1. The Balaban J connectivity index is 2.31. The third-order valence-electron chi connectivity index (χ3n) is 3.50. The summed E-state index contributed by atoms with van der Waals surface area (Å²) in [5.41, 5.74) is 4.47. The van der Waals surface area contributed by atoms with Gasteiger partial charge in [-0.1, -0.05) is 25.1 Å². The van der Waals surface area contributed by atoms with Crippen molar-refractivity contribution in [3.8, 4) is 11.4 Å². The maximum absolute atomic E-state index is 5.49. The van der Waals surface area contributed by atoms with Crippen molar-refractivity contribution in [3.05, 3.63) is 52.8 Å². The number of rotatable bonds is 3. The zero-order chi connectivity index (χ0) is 14.1. The third kappa shape index (κ3) is 2.02. The number of nitrogens with one attached hydrogen (secondary N) is 1. The Labute approximate surface area is 122 Å². The quantitative estimate of drug-likeness (QED) is 0.728. The highest BCUT2D eigenvalue weighted by atomic mass is 32.1. The van der Waals surface area contributed by atoms with Gasteiger partial charge < -0.3 is 9.72 Å². The first-order valence-corrected chi connectivity index (χ1v) is 7.02. The summed E-state index contributed by atoms with van der Waals surface area (Å²) < 4.78 is 8.05. The standard InChI is InChI=1S/C16H16N2OS/c1-3-11-6-4-5-7-14(11)18-15-9-8-12(19-2)10-13(15)17-16(18)20/h4-10H,3H2,1-2H3,(H,17,20). The molecule has 0 saturated carbocycles. The van der Waals surface area contributed by atoms with Crippen LogP contribution < -0.4 is 4.74 Å². The largest absolute Gasteiger partial charge is 0.497 e. The van der Waals surface area contributed by atoms with Crippen LogP contribution in [0.2, 0.25) is 0 Å². The molecule has 0 amide bonds. The molecule has 102 valence electrons. The van der Waals surface area contributed by atoms with Crippen LogP contribution in [-0.2, 0) is 6.42 Å². The van der Waals surface area contributed by atoms with Crippen molar-refractivity contribution in [2.75, 3.05) is 7.11 Å². The van der Waals surface area contributed by atoms with Crippen LogP contribution in [-0.4, -0.2) is 16.7 Å². The van der Waals surface area contributed by atoms with E-state index in [1.54, 1.807) is 7.11 Å². The van der Waals surface area contributed by atoms with E-state index in [9.17, 15) is 0 Å². The lowest BCUT2D eigenvalue weighted by atomic mass is 10.1. The number of aryl methyl sites for hydroxylation is 1. The van der Waals surface area contributed by atoms with Gasteiger partial charge in [-0.15, -0.1) is 0 Å². The summed E-state index contributed by atoms with van der Waals surface area (Å²) in [6.07, 6.45) is 0.973. The van der Waals surface area contributed by atoms with Crippen molar-refractivity contribution in [2.45, 2.75) is 13.3 Å². The highest BCUT2D eigenvalue weighted by Gasteiger charge is 2.10. The summed E-state index contributed by atoms with van der Waals surface area (Å²) in [6.45, 7) is 2.15. The van der Waals surface area contributed by atoms with Crippen LogP contribution in [0.4, 0.5) is 0 Å². The molecule has 0 saturated heterocycles. The minimum atomic E-state index is 0.703. The number of para-hydroxylation sites is 1. The second-order valence-corrected chi connectivity index (χ2v) is 5.02. The summed E-state index contributed by atoms with van der Waals surface area (Å²) in [4.78, 5) is 3.25. The van der Waals surface area contributed by atoms with Crippen molar-refractivity contribution in [1.29, 1.82) is 0 Å². The van der Waals surface area contributed by atoms with Crippen LogP contribution in [0.25, 0.3) is 16.7 Å². The molecule has 1 aromatic heterocycles. The molecular weight excluding hydrogens is 268 g/mol. The minimum absolute atomic E-state index is 0.703. The molecule has 0 aliphatic rings. The molecule has 0 bridgehead atoms. The van der Waals surface area contributed by atoms with Gasteiger partial charge in [0.05, 0.1) is 23.8 Å². The van der Waals surface area contributed by atoms with Gasteiger partial charge in [0.2, 0.25) is 0 Å². The van der Waals surface area contributed by atoms with Gasteiger partial charge in [0, 0.05) is 6.07 Å². The number of imidazole rings is 1. The van der Waals surface area contributed by atoms with Crippen molar-refractivity contribution in [3.63, 3.8) is 0 Å². The van der Waals surface area contributed by atoms with Gasteiger partial charge in [-0.3, -0.25) is 4.57 Å². The summed E-state index contributed by atoms with van der Waals surface area (Å²) >= 11 is 5.49. The predicted octanol–water partition coefficient (Wildman–Crippen LogP) is 4.26. The Morgan fingerprint density at radius 1 is 1.20 bits per heavy atom. The first-order valence-electron chi connectivity index (χ1n) is 6.61. The highest BCUT2D eigenvalue weighted by Crippen LogP contribution is 2.25. The molecule has 4 heteroatoms. The molecular formula is C16H16N2OS. The van der Waals surface area contributed by atoms with Crippen molar-refractivity contribution in [2.24, 2.45) is 0 Å². The number of H-pyrrole nitrogens is 1. The zero-order valence-electron chi connectivity index (χ0n) is 11.5. The first kappa shape index (κ1) is 12.9. The first-order chi connectivity index (χ1) is 9.74. The van der Waals surface area contributed by atoms with Crippen LogP contribution in [0.15, 0.2) is 42.5 Å². The topological polar surface area (TPSA) is 29.9 Å². The van der Waals surface area contributed by atoms with Crippen molar-refractivity contribution >= 4 is 23.3 Å². The van der Waals surface area contributed by atoms with E-state index in [1.165, 1.54) is 5.56 Å². The van der Waals surface area contributed by atoms with E-state index in [0.717, 1.165) is 28.9 Å². The Kier molecular flexibility index (Phi) is 3.32. The molecule has 1 N–H and O–H groups in total. The molecule has 0 radical (unpaired) electrons. The zero-order valence-corrected chi connectivity index (χ0v) is 12.3. The van der Waals surface area contributed by atoms with Gasteiger partial charge in [-0.05, 0) is 42.4 Å². The predicted molar refractivity (Wildman–Crippen MR) is 84.4 cm³/mol. The maximum atomic E-state index is 5.49. The lowest BCUT2D eigenvalue weighted by Crippen LogP contribution is -1.98. The fourth-order valence-electron chi connectivity index (χ4n) is 2.48. The smallest absolute Gasteiger partial charge is 0.182 e. The molecule has 0 aliphatic carbocycles. The van der Waals surface area contributed by atoms with Gasteiger partial charge in [0.25, 0.3) is 0 Å². The van der Waals surface area contributed by atoms with E-state index >= 15 is 0 Å². The summed E-state index contributed by atoms with van der Waals surface area (Å²) in [6, 6.07) is 14.3. The van der Waals surface area contributed by atoms with E-state index in [0.29, 0.717) is 4.77 Å². The van der Waals surface area contributed by atoms with Gasteiger partial charge in [0.15, 0.2) is 4.77 Å². The van der Waals surface area contributed by atoms with Crippen LogP contribution in [0.3, 0.4) is 0 Å². The molecule has 3 aromatic rings. The molecule has 20 heavy (non-hydrogen) atoms. The third-order valence-corrected chi connectivity index (χ3v) is 3.79. The van der Waals surface area contributed by atoms with E-state index in [4.69, 9.17) is 17.0 Å². The van der Waals surface area contributed by atoms with E-state index in [2.05, 4.69) is 34.7 Å². The lowest BCUT2D eigenvalue weighted by molar-refractivity contribution is 0.415. The number of benzene rings is 2. The van der Waals surface area contributed by atoms with Crippen molar-refractivity contribution in [1.82, 2.24) is 9.55 Å². The molecule has 0 atom stereocenters. The number of aromatic nitrogens is 2. The molecule has 0 unspecified atom stereocenters. The SMILES string of the molecule is CCc1ccccc1-n1c(=S)[nH]c2cc(OC)ccc21. The van der Waals surface area contributed by atoms with Gasteiger partial charge in [0.1, 0.15) is 5.75 Å². The van der Waals surface area contributed by atoms with E-state index in [1.807, 2.05) is 24.3 Å². The summed E-state index contributed by atoms with van der Waals surface area (Å²) in [5.74, 6) is 0.824. The second-order valence-electron chi connectivity index (χ2n) is 4.63. The minimum Gasteiger partial charge on any atom is -0.497 e. The number of nitrogens with zero attached hydrogens (tertiary/aromatic N) is 1. The van der Waals surface area contributed by atoms with Crippen LogP contribution >= 0.6 is 12.2 Å². The van der Waals surface area contributed by atoms with Gasteiger partial charge in [-0.2, -0.15) is 0 Å². The average molecular weight is 284 g/mol. The molecule has 1 heterocycles. The lowest BCUT2D eigenvalue weighted by Gasteiger charge is -2.10. The second kappa shape index (κ2) is 5.13. The number of aromatic amines is 1. The Hall–Kier alpha value is -2.07. The number of hydrogen-bond donors (Lipinski definition) is 1. The average Bonchev–Trinajstić information content (AvgIpc) is 2.81. The summed E-state index contributed by atoms with van der Waals surface area (Å²) in [7, 11) is 1.67.